The Labute approximate surface area is 98.0 Å². The van der Waals surface area contributed by atoms with Crippen molar-refractivity contribution in [3.05, 3.63) is 11.8 Å². The predicted molar refractivity (Wildman–Crippen MR) is 49.2 cm³/mol. The highest BCUT2D eigenvalue weighted by atomic mass is 19.4. The lowest BCUT2D eigenvalue weighted by atomic mass is 10.4. The summed E-state index contributed by atoms with van der Waals surface area (Å²) in [5, 5.41) is 21.9. The molecule has 1 aromatic rings. The van der Waals surface area contributed by atoms with Crippen molar-refractivity contribution in [1.82, 2.24) is 10.1 Å². The molecule has 2 N–H and O–H groups in total. The number of aromatic nitrogens is 1. The van der Waals surface area contributed by atoms with Crippen molar-refractivity contribution in [1.29, 1.82) is 0 Å². The van der Waals surface area contributed by atoms with Gasteiger partial charge in [-0.15, -0.1) is 0 Å². The van der Waals surface area contributed by atoms with Gasteiger partial charge in [-0.2, -0.15) is 13.2 Å². The van der Waals surface area contributed by atoms with Gasteiger partial charge in [-0.05, 0) is 0 Å². The zero-order chi connectivity index (χ0) is 13.7. The average Bonchev–Trinajstić information content (AvgIpc) is 2.81. The van der Waals surface area contributed by atoms with Crippen LogP contribution in [0.4, 0.5) is 23.8 Å². The molecule has 1 aliphatic heterocycles. The molecule has 2 amide bonds. The van der Waals surface area contributed by atoms with Gasteiger partial charge in [0, 0.05) is 13.1 Å². The van der Waals surface area contributed by atoms with Gasteiger partial charge in [0.05, 0.1) is 0 Å². The minimum Gasteiger partial charge on any atom is -0.369 e. The smallest absolute Gasteiger partial charge is 0.369 e. The molecule has 2 atom stereocenters. The predicted octanol–water partition coefficient (Wildman–Crippen LogP) is 0.202. The SMILES string of the molecule is CN1C(=O)N(c2cc(C(F)(F)F)on2)C(O)C1O. The Balaban J connectivity index is 2.33. The zero-order valence-electron chi connectivity index (χ0n) is 8.92. The number of hydrogen-bond acceptors (Lipinski definition) is 5. The van der Waals surface area contributed by atoms with E-state index in [4.69, 9.17) is 0 Å². The molecule has 0 bridgehead atoms. The molecule has 7 nitrogen and oxygen atoms in total. The zero-order valence-corrected chi connectivity index (χ0v) is 8.92. The molecule has 1 aliphatic rings. The van der Waals surface area contributed by atoms with E-state index in [0.29, 0.717) is 11.0 Å². The molecule has 100 valence electrons. The summed E-state index contributed by atoms with van der Waals surface area (Å²) in [7, 11) is 1.18. The van der Waals surface area contributed by atoms with Gasteiger partial charge in [0.15, 0.2) is 18.3 Å². The third kappa shape index (κ3) is 1.78. The van der Waals surface area contributed by atoms with Crippen LogP contribution in [-0.2, 0) is 6.18 Å². The van der Waals surface area contributed by atoms with E-state index in [1.807, 2.05) is 0 Å². The number of carbonyl (C=O) groups is 1. The number of anilines is 1. The van der Waals surface area contributed by atoms with Crippen LogP contribution >= 0.6 is 0 Å². The minimum atomic E-state index is -4.75. The van der Waals surface area contributed by atoms with E-state index in [9.17, 15) is 28.2 Å². The summed E-state index contributed by atoms with van der Waals surface area (Å²) in [6.45, 7) is 0. The Morgan fingerprint density at radius 3 is 2.39 bits per heavy atom. The monoisotopic (exact) mass is 267 g/mol. The fourth-order valence-corrected chi connectivity index (χ4v) is 1.48. The highest BCUT2D eigenvalue weighted by molar-refractivity contribution is 5.93. The molecule has 18 heavy (non-hydrogen) atoms. The number of aliphatic hydroxyl groups is 2. The molecule has 10 heteroatoms. The van der Waals surface area contributed by atoms with Crippen molar-refractivity contribution in [3.8, 4) is 0 Å². The van der Waals surface area contributed by atoms with Crippen molar-refractivity contribution in [3.63, 3.8) is 0 Å². The lowest BCUT2D eigenvalue weighted by Gasteiger charge is -2.15. The van der Waals surface area contributed by atoms with Gasteiger partial charge in [-0.3, -0.25) is 4.90 Å². The molecule has 1 saturated heterocycles. The number of nitrogens with zero attached hydrogens (tertiary/aromatic N) is 3. The Kier molecular flexibility index (Phi) is 2.70. The number of alkyl halides is 3. The van der Waals surface area contributed by atoms with Crippen LogP contribution in [0.3, 0.4) is 0 Å². The van der Waals surface area contributed by atoms with Gasteiger partial charge in [-0.25, -0.2) is 9.69 Å². The summed E-state index contributed by atoms with van der Waals surface area (Å²) in [5.74, 6) is -1.93. The maximum Gasteiger partial charge on any atom is 0.452 e. The fourth-order valence-electron chi connectivity index (χ4n) is 1.48. The third-order valence-electron chi connectivity index (χ3n) is 2.46. The molecule has 1 aromatic heterocycles. The van der Waals surface area contributed by atoms with Crippen LogP contribution in [0.15, 0.2) is 10.6 Å². The molecule has 0 aromatic carbocycles. The average molecular weight is 267 g/mol. The van der Waals surface area contributed by atoms with E-state index < -0.39 is 36.2 Å². The first-order chi connectivity index (χ1) is 8.23. The Bertz CT molecular complexity index is 474. The number of aliphatic hydroxyl groups excluding tert-OH is 2. The van der Waals surface area contributed by atoms with E-state index in [1.165, 1.54) is 7.05 Å². The third-order valence-corrected chi connectivity index (χ3v) is 2.46. The normalized spacial score (nSPS) is 25.1. The van der Waals surface area contributed by atoms with Crippen molar-refractivity contribution < 1.29 is 32.7 Å². The standard InChI is InChI=1S/C8H8F3N3O4/c1-13-5(15)6(16)14(7(13)17)4-2-3(18-12-4)8(9,10)11/h2,5-6,15-16H,1H3. The van der Waals surface area contributed by atoms with Crippen LogP contribution in [0.2, 0.25) is 0 Å². The van der Waals surface area contributed by atoms with Gasteiger partial charge in [0.25, 0.3) is 0 Å². The first kappa shape index (κ1) is 12.6. The van der Waals surface area contributed by atoms with Crippen molar-refractivity contribution in [2.75, 3.05) is 11.9 Å². The Hall–Kier alpha value is -1.81. The lowest BCUT2D eigenvalue weighted by molar-refractivity contribution is -0.155. The van der Waals surface area contributed by atoms with E-state index in [0.717, 1.165) is 4.90 Å². The van der Waals surface area contributed by atoms with E-state index in [2.05, 4.69) is 9.68 Å². The molecule has 1 fully saturated rings. The van der Waals surface area contributed by atoms with E-state index in [-0.39, 0.29) is 0 Å². The van der Waals surface area contributed by atoms with Crippen LogP contribution in [0.1, 0.15) is 5.76 Å². The van der Waals surface area contributed by atoms with E-state index >= 15 is 0 Å². The number of likely N-dealkylation sites (N-methyl/N-ethyl adjacent to an activating group) is 1. The number of hydrogen-bond donors (Lipinski definition) is 2. The summed E-state index contributed by atoms with van der Waals surface area (Å²) in [4.78, 5) is 12.8. The van der Waals surface area contributed by atoms with Crippen molar-refractivity contribution in [2.45, 2.75) is 18.6 Å². The quantitative estimate of drug-likeness (QED) is 0.758. The van der Waals surface area contributed by atoms with Gasteiger partial charge < -0.3 is 14.7 Å². The second-order valence-electron chi connectivity index (χ2n) is 3.64. The summed E-state index contributed by atoms with van der Waals surface area (Å²) in [6.07, 6.45) is -8.01. The molecule has 0 aliphatic carbocycles. The molecule has 2 unspecified atom stereocenters. The van der Waals surface area contributed by atoms with Gasteiger partial charge in [-0.1, -0.05) is 5.16 Å². The number of halogens is 3. The van der Waals surface area contributed by atoms with Gasteiger partial charge in [0.1, 0.15) is 0 Å². The highest BCUT2D eigenvalue weighted by Crippen LogP contribution is 2.33. The fraction of sp³-hybridized carbons (Fsp3) is 0.500. The van der Waals surface area contributed by atoms with E-state index in [1.54, 1.807) is 0 Å². The molecule has 0 saturated carbocycles. The molecule has 0 spiro atoms. The van der Waals surface area contributed by atoms with Crippen LogP contribution < -0.4 is 4.90 Å². The van der Waals surface area contributed by atoms with Gasteiger partial charge in [0.2, 0.25) is 5.76 Å². The number of urea groups is 1. The summed E-state index contributed by atoms with van der Waals surface area (Å²) < 4.78 is 40.9. The highest BCUT2D eigenvalue weighted by Gasteiger charge is 2.45. The lowest BCUT2D eigenvalue weighted by Crippen LogP contribution is -2.36. The number of amides is 2. The van der Waals surface area contributed by atoms with Crippen LogP contribution in [-0.4, -0.2) is 45.8 Å². The Morgan fingerprint density at radius 1 is 1.39 bits per heavy atom. The maximum atomic E-state index is 12.3. The second-order valence-corrected chi connectivity index (χ2v) is 3.64. The van der Waals surface area contributed by atoms with Crippen LogP contribution in [0.25, 0.3) is 0 Å². The molecular weight excluding hydrogens is 259 g/mol. The summed E-state index contributed by atoms with van der Waals surface area (Å²) in [5.41, 5.74) is 0. The van der Waals surface area contributed by atoms with Crippen LogP contribution in [0, 0.1) is 0 Å². The number of rotatable bonds is 1. The minimum absolute atomic E-state index is 0.465. The maximum absolute atomic E-state index is 12.3. The van der Waals surface area contributed by atoms with Gasteiger partial charge >= 0.3 is 12.2 Å². The summed E-state index contributed by atoms with van der Waals surface area (Å²) in [6, 6.07) is -0.426. The number of carbonyl (C=O) groups excluding carboxylic acids is 1. The first-order valence-corrected chi connectivity index (χ1v) is 4.69. The van der Waals surface area contributed by atoms with Crippen LogP contribution in [0.5, 0.6) is 0 Å². The molecule has 2 rings (SSSR count). The van der Waals surface area contributed by atoms with Crippen molar-refractivity contribution in [2.24, 2.45) is 0 Å². The topological polar surface area (TPSA) is 90.0 Å². The Morgan fingerprint density at radius 2 is 2.00 bits per heavy atom. The molecular formula is C8H8F3N3O4. The molecule has 0 radical (unpaired) electrons. The first-order valence-electron chi connectivity index (χ1n) is 4.69. The van der Waals surface area contributed by atoms with Crippen molar-refractivity contribution >= 4 is 11.8 Å². The molecule has 2 heterocycles. The largest absolute Gasteiger partial charge is 0.452 e. The summed E-state index contributed by atoms with van der Waals surface area (Å²) >= 11 is 0. The second kappa shape index (κ2) is 3.85.